The zero-order chi connectivity index (χ0) is 8.11. The second-order valence-corrected chi connectivity index (χ2v) is 10.8. The standard InChI is InChI=1S/C10H18Si/c1-11(2,3)10-6-4-9(8-10)5-7-10/h4,6,9H,5,7-8H2,1-3H3. The molecule has 0 saturated heterocycles. The molecule has 11 heavy (non-hydrogen) atoms. The molecule has 2 bridgehead atoms. The van der Waals surface area contributed by atoms with E-state index in [0.717, 1.165) is 5.92 Å². The molecule has 0 nitrogen and oxygen atoms in total. The second kappa shape index (κ2) is 2.01. The largest absolute Gasteiger partial charge is 0.0851 e. The Labute approximate surface area is 70.7 Å². The van der Waals surface area contributed by atoms with E-state index < -0.39 is 8.07 Å². The molecule has 62 valence electrons. The van der Waals surface area contributed by atoms with Gasteiger partial charge < -0.3 is 0 Å². The molecule has 0 heterocycles. The summed E-state index contributed by atoms with van der Waals surface area (Å²) in [6, 6.07) is 0. The summed E-state index contributed by atoms with van der Waals surface area (Å²) in [5.41, 5.74) is 0. The number of fused-ring (bicyclic) bond motifs is 2. The third kappa shape index (κ3) is 0.936. The summed E-state index contributed by atoms with van der Waals surface area (Å²) in [7, 11) is -0.920. The van der Waals surface area contributed by atoms with Gasteiger partial charge in [0.05, 0.1) is 8.07 Å². The van der Waals surface area contributed by atoms with Gasteiger partial charge in [0.25, 0.3) is 0 Å². The van der Waals surface area contributed by atoms with E-state index in [0.29, 0.717) is 5.04 Å². The quantitative estimate of drug-likeness (QED) is 0.413. The molecule has 0 spiro atoms. The van der Waals surface area contributed by atoms with E-state index in [1.807, 2.05) is 0 Å². The van der Waals surface area contributed by atoms with Gasteiger partial charge in [-0.2, -0.15) is 0 Å². The normalized spacial score (nSPS) is 41.9. The number of allylic oxidation sites excluding steroid dienone is 2. The van der Waals surface area contributed by atoms with Crippen LogP contribution in [-0.4, -0.2) is 8.07 Å². The van der Waals surface area contributed by atoms with Crippen molar-refractivity contribution >= 4 is 8.07 Å². The van der Waals surface area contributed by atoms with Crippen LogP contribution in [0.15, 0.2) is 12.2 Å². The minimum atomic E-state index is -0.920. The lowest BCUT2D eigenvalue weighted by atomic mass is 10.1. The van der Waals surface area contributed by atoms with Gasteiger partial charge in [0.1, 0.15) is 0 Å². The van der Waals surface area contributed by atoms with Gasteiger partial charge in [-0.3, -0.25) is 0 Å². The van der Waals surface area contributed by atoms with Crippen molar-refractivity contribution in [3.05, 3.63) is 12.2 Å². The highest BCUT2D eigenvalue weighted by atomic mass is 28.3. The molecule has 0 aliphatic heterocycles. The average molecular weight is 166 g/mol. The van der Waals surface area contributed by atoms with E-state index in [4.69, 9.17) is 0 Å². The lowest BCUT2D eigenvalue weighted by Gasteiger charge is -2.36. The Kier molecular flexibility index (Phi) is 1.39. The van der Waals surface area contributed by atoms with Crippen molar-refractivity contribution in [3.8, 4) is 0 Å². The minimum Gasteiger partial charge on any atom is -0.0851 e. The number of rotatable bonds is 1. The van der Waals surface area contributed by atoms with E-state index in [-0.39, 0.29) is 0 Å². The maximum atomic E-state index is 2.55. The summed E-state index contributed by atoms with van der Waals surface area (Å²) in [5, 5.41) is 0.706. The Morgan fingerprint density at radius 2 is 2.09 bits per heavy atom. The molecule has 1 heteroatoms. The summed E-state index contributed by atoms with van der Waals surface area (Å²) in [4.78, 5) is 0. The Hall–Kier alpha value is -0.0431. The Balaban J connectivity index is 2.31. The molecule has 2 aliphatic rings. The fraction of sp³-hybridized carbons (Fsp3) is 0.800. The number of hydrogen-bond acceptors (Lipinski definition) is 0. The molecule has 2 atom stereocenters. The van der Waals surface area contributed by atoms with Crippen LogP contribution in [0.3, 0.4) is 0 Å². The van der Waals surface area contributed by atoms with Gasteiger partial charge in [0.2, 0.25) is 0 Å². The molecule has 2 aliphatic carbocycles. The molecule has 0 aromatic rings. The van der Waals surface area contributed by atoms with Gasteiger partial charge in [-0.15, -0.1) is 0 Å². The summed E-state index contributed by atoms with van der Waals surface area (Å²) in [5.74, 6) is 0.960. The topological polar surface area (TPSA) is 0 Å². The molecule has 0 N–H and O–H groups in total. The zero-order valence-corrected chi connectivity index (χ0v) is 8.85. The summed E-state index contributed by atoms with van der Waals surface area (Å²) in [6.45, 7) is 7.56. The van der Waals surface area contributed by atoms with Gasteiger partial charge in [-0.05, 0) is 30.2 Å². The lowest BCUT2D eigenvalue weighted by molar-refractivity contribution is 0.685. The van der Waals surface area contributed by atoms with Crippen molar-refractivity contribution < 1.29 is 0 Å². The van der Waals surface area contributed by atoms with Crippen LogP contribution < -0.4 is 0 Å². The SMILES string of the molecule is C[Si](C)(C)C12C=CC(CC1)C2. The van der Waals surface area contributed by atoms with Crippen LogP contribution in [0.1, 0.15) is 19.3 Å². The predicted molar refractivity (Wildman–Crippen MR) is 52.5 cm³/mol. The first-order chi connectivity index (χ1) is 5.04. The highest BCUT2D eigenvalue weighted by molar-refractivity contribution is 6.79. The molecule has 0 aromatic heterocycles. The first-order valence-electron chi connectivity index (χ1n) is 4.73. The Bertz CT molecular complexity index is 199. The molecule has 2 unspecified atom stereocenters. The molecule has 0 aromatic carbocycles. The van der Waals surface area contributed by atoms with E-state index in [1.54, 1.807) is 0 Å². The van der Waals surface area contributed by atoms with Crippen molar-refractivity contribution in [2.45, 2.75) is 43.9 Å². The molecular weight excluding hydrogens is 148 g/mol. The highest BCUT2D eigenvalue weighted by Gasteiger charge is 2.48. The minimum absolute atomic E-state index is 0.706. The van der Waals surface area contributed by atoms with Gasteiger partial charge in [0.15, 0.2) is 0 Å². The predicted octanol–water partition coefficient (Wildman–Crippen LogP) is 3.43. The summed E-state index contributed by atoms with van der Waals surface area (Å²) in [6.07, 6.45) is 9.47. The molecule has 1 fully saturated rings. The number of hydrogen-bond donors (Lipinski definition) is 0. The van der Waals surface area contributed by atoms with Gasteiger partial charge >= 0.3 is 0 Å². The van der Waals surface area contributed by atoms with E-state index in [1.165, 1.54) is 19.3 Å². The molecule has 1 saturated carbocycles. The first kappa shape index (κ1) is 7.60. The maximum absolute atomic E-state index is 2.55. The summed E-state index contributed by atoms with van der Waals surface area (Å²) < 4.78 is 0. The molecule has 0 amide bonds. The average Bonchev–Trinajstić information content (AvgIpc) is 2.42. The van der Waals surface area contributed by atoms with Crippen molar-refractivity contribution in [3.63, 3.8) is 0 Å². The van der Waals surface area contributed by atoms with E-state index >= 15 is 0 Å². The van der Waals surface area contributed by atoms with Crippen LogP contribution in [0.5, 0.6) is 0 Å². The third-order valence-corrected chi connectivity index (χ3v) is 7.38. The van der Waals surface area contributed by atoms with Crippen LogP contribution in [0.4, 0.5) is 0 Å². The van der Waals surface area contributed by atoms with E-state index in [9.17, 15) is 0 Å². The molecular formula is C10H18Si. The van der Waals surface area contributed by atoms with Crippen molar-refractivity contribution in [2.75, 3.05) is 0 Å². The highest BCUT2D eigenvalue weighted by Crippen LogP contribution is 2.60. The van der Waals surface area contributed by atoms with Crippen LogP contribution in [0.2, 0.25) is 24.7 Å². The fourth-order valence-electron chi connectivity index (χ4n) is 2.68. The first-order valence-corrected chi connectivity index (χ1v) is 8.23. The summed E-state index contributed by atoms with van der Waals surface area (Å²) >= 11 is 0. The maximum Gasteiger partial charge on any atom is 0.0549 e. The monoisotopic (exact) mass is 166 g/mol. The van der Waals surface area contributed by atoms with Crippen LogP contribution in [0.25, 0.3) is 0 Å². The van der Waals surface area contributed by atoms with Crippen molar-refractivity contribution in [1.82, 2.24) is 0 Å². The van der Waals surface area contributed by atoms with Crippen LogP contribution in [0, 0.1) is 5.92 Å². The Morgan fingerprint density at radius 3 is 2.27 bits per heavy atom. The van der Waals surface area contributed by atoms with Gasteiger partial charge in [0, 0.05) is 0 Å². The third-order valence-electron chi connectivity index (χ3n) is 3.77. The van der Waals surface area contributed by atoms with Crippen LogP contribution >= 0.6 is 0 Å². The molecule has 2 rings (SSSR count). The Morgan fingerprint density at radius 1 is 1.36 bits per heavy atom. The second-order valence-electron chi connectivity index (χ2n) is 5.27. The lowest BCUT2D eigenvalue weighted by Crippen LogP contribution is -2.35. The van der Waals surface area contributed by atoms with E-state index in [2.05, 4.69) is 31.8 Å². The van der Waals surface area contributed by atoms with Gasteiger partial charge in [-0.25, -0.2) is 0 Å². The van der Waals surface area contributed by atoms with Crippen LogP contribution in [-0.2, 0) is 0 Å². The van der Waals surface area contributed by atoms with Crippen molar-refractivity contribution in [2.24, 2.45) is 5.92 Å². The van der Waals surface area contributed by atoms with Crippen molar-refractivity contribution in [1.29, 1.82) is 0 Å². The zero-order valence-electron chi connectivity index (χ0n) is 7.85. The molecule has 0 radical (unpaired) electrons. The fourth-order valence-corrected chi connectivity index (χ4v) is 5.05. The van der Waals surface area contributed by atoms with Gasteiger partial charge in [-0.1, -0.05) is 31.8 Å². The smallest absolute Gasteiger partial charge is 0.0549 e.